The van der Waals surface area contributed by atoms with Crippen molar-refractivity contribution >= 4 is 27.8 Å². The molecule has 3 rings (SSSR count). The van der Waals surface area contributed by atoms with E-state index >= 15 is 0 Å². The van der Waals surface area contributed by atoms with Crippen molar-refractivity contribution in [1.29, 1.82) is 0 Å². The summed E-state index contributed by atoms with van der Waals surface area (Å²) in [6.07, 6.45) is 1.67. The number of hydrogen-bond acceptors (Lipinski definition) is 6. The van der Waals surface area contributed by atoms with Crippen LogP contribution >= 0.6 is 22.7 Å². The van der Waals surface area contributed by atoms with Gasteiger partial charge in [0, 0.05) is 12.4 Å². The number of furan rings is 1. The first kappa shape index (κ1) is 13.3. The number of thiazole rings is 2. The lowest BCUT2D eigenvalue weighted by Gasteiger charge is -2.02. The molecule has 0 fully saturated rings. The molecule has 0 unspecified atom stereocenters. The molecule has 3 heterocycles. The highest BCUT2D eigenvalue weighted by Gasteiger charge is 2.19. The molecule has 0 spiro atoms. The smallest absolute Gasteiger partial charge is 0.182 e. The van der Waals surface area contributed by atoms with E-state index in [4.69, 9.17) is 9.40 Å². The van der Waals surface area contributed by atoms with Crippen LogP contribution in [0.1, 0.15) is 25.5 Å². The first-order chi connectivity index (χ1) is 9.69. The summed E-state index contributed by atoms with van der Waals surface area (Å²) in [4.78, 5) is 10.4. The van der Waals surface area contributed by atoms with Crippen molar-refractivity contribution in [2.75, 3.05) is 12.4 Å². The molecule has 0 aliphatic carbocycles. The fourth-order valence-corrected chi connectivity index (χ4v) is 3.79. The second-order valence-electron chi connectivity index (χ2n) is 4.65. The number of aromatic nitrogens is 2. The van der Waals surface area contributed by atoms with Gasteiger partial charge in [0.15, 0.2) is 15.9 Å². The van der Waals surface area contributed by atoms with Crippen LogP contribution in [-0.2, 0) is 0 Å². The molecule has 104 valence electrons. The Bertz CT molecular complexity index is 698. The number of rotatable bonds is 4. The summed E-state index contributed by atoms with van der Waals surface area (Å²) < 4.78 is 5.45. The van der Waals surface area contributed by atoms with Gasteiger partial charge >= 0.3 is 0 Å². The number of hydrogen-bond donors (Lipinski definition) is 1. The van der Waals surface area contributed by atoms with Crippen LogP contribution in [0.25, 0.3) is 21.3 Å². The van der Waals surface area contributed by atoms with E-state index in [9.17, 15) is 0 Å². The second kappa shape index (κ2) is 5.38. The van der Waals surface area contributed by atoms with Crippen molar-refractivity contribution < 1.29 is 4.42 Å². The fraction of sp³-hybridized carbons (Fsp3) is 0.286. The monoisotopic (exact) mass is 305 g/mol. The molecule has 6 heteroatoms. The molecule has 0 saturated carbocycles. The Labute approximate surface area is 125 Å². The summed E-state index contributed by atoms with van der Waals surface area (Å²) in [6.45, 7) is 4.30. The third kappa shape index (κ3) is 2.36. The Morgan fingerprint density at radius 2 is 2.15 bits per heavy atom. The molecule has 0 saturated heterocycles. The largest absolute Gasteiger partial charge is 0.462 e. The van der Waals surface area contributed by atoms with Crippen molar-refractivity contribution in [3.8, 4) is 21.3 Å². The van der Waals surface area contributed by atoms with E-state index in [1.165, 1.54) is 0 Å². The Morgan fingerprint density at radius 1 is 1.30 bits per heavy atom. The standard InChI is InChI=1S/C14H15N3OS2/c1-8(2)11-12(9-7-19-14(15-3)16-9)20-13(17-11)10-5-4-6-18-10/h4-8H,1-3H3,(H,15,16). The highest BCUT2D eigenvalue weighted by Crippen LogP contribution is 2.39. The average molecular weight is 305 g/mol. The van der Waals surface area contributed by atoms with E-state index in [1.807, 2.05) is 19.2 Å². The van der Waals surface area contributed by atoms with Crippen molar-refractivity contribution in [3.05, 3.63) is 29.5 Å². The van der Waals surface area contributed by atoms with Crippen LogP contribution in [-0.4, -0.2) is 17.0 Å². The molecule has 0 aromatic carbocycles. The molecule has 0 radical (unpaired) electrons. The van der Waals surface area contributed by atoms with Crippen molar-refractivity contribution in [3.63, 3.8) is 0 Å². The second-order valence-corrected chi connectivity index (χ2v) is 6.51. The molecule has 1 N–H and O–H groups in total. The van der Waals surface area contributed by atoms with Gasteiger partial charge in [-0.05, 0) is 18.1 Å². The highest BCUT2D eigenvalue weighted by molar-refractivity contribution is 7.19. The molecular formula is C14H15N3OS2. The SMILES string of the molecule is CNc1nc(-c2sc(-c3ccco3)nc2C(C)C)cs1. The van der Waals surface area contributed by atoms with Gasteiger partial charge in [0.2, 0.25) is 0 Å². The van der Waals surface area contributed by atoms with Crippen LogP contribution in [0.5, 0.6) is 0 Å². The van der Waals surface area contributed by atoms with Gasteiger partial charge in [-0.25, -0.2) is 9.97 Å². The van der Waals surface area contributed by atoms with Crippen LogP contribution in [0.15, 0.2) is 28.2 Å². The first-order valence-corrected chi connectivity index (χ1v) is 8.07. The van der Waals surface area contributed by atoms with Gasteiger partial charge < -0.3 is 9.73 Å². The Kier molecular flexibility index (Phi) is 3.58. The summed E-state index contributed by atoms with van der Waals surface area (Å²) in [7, 11) is 1.88. The van der Waals surface area contributed by atoms with Crippen LogP contribution in [0, 0.1) is 0 Å². The zero-order valence-electron chi connectivity index (χ0n) is 11.5. The lowest BCUT2D eigenvalue weighted by atomic mass is 10.1. The number of nitrogens with zero attached hydrogens (tertiary/aromatic N) is 2. The van der Waals surface area contributed by atoms with Gasteiger partial charge in [0.05, 0.1) is 22.5 Å². The molecule has 0 amide bonds. The Morgan fingerprint density at radius 3 is 2.75 bits per heavy atom. The molecule has 4 nitrogen and oxygen atoms in total. The molecule has 0 aliphatic heterocycles. The highest BCUT2D eigenvalue weighted by atomic mass is 32.1. The molecule has 3 aromatic rings. The maximum Gasteiger partial charge on any atom is 0.182 e. The van der Waals surface area contributed by atoms with E-state index in [2.05, 4.69) is 29.5 Å². The van der Waals surface area contributed by atoms with E-state index in [0.29, 0.717) is 5.92 Å². The predicted octanol–water partition coefficient (Wildman–Crippen LogP) is 4.69. The van der Waals surface area contributed by atoms with Crippen LogP contribution < -0.4 is 5.32 Å². The van der Waals surface area contributed by atoms with Crippen molar-refractivity contribution in [2.24, 2.45) is 0 Å². The van der Waals surface area contributed by atoms with Crippen LogP contribution in [0.3, 0.4) is 0 Å². The Balaban J connectivity index is 2.09. The van der Waals surface area contributed by atoms with Gasteiger partial charge in [0.1, 0.15) is 0 Å². The zero-order chi connectivity index (χ0) is 14.1. The van der Waals surface area contributed by atoms with Gasteiger partial charge in [-0.3, -0.25) is 0 Å². The fourth-order valence-electron chi connectivity index (χ4n) is 1.91. The first-order valence-electron chi connectivity index (χ1n) is 6.37. The normalized spacial score (nSPS) is 11.2. The maximum absolute atomic E-state index is 5.45. The average Bonchev–Trinajstić information content (AvgIpc) is 3.17. The minimum absolute atomic E-state index is 0.352. The van der Waals surface area contributed by atoms with E-state index in [1.54, 1.807) is 28.9 Å². The summed E-state index contributed by atoms with van der Waals surface area (Å²) in [5.41, 5.74) is 2.06. The molecular weight excluding hydrogens is 290 g/mol. The van der Waals surface area contributed by atoms with E-state index in [0.717, 1.165) is 32.2 Å². The number of nitrogens with one attached hydrogen (secondary N) is 1. The topological polar surface area (TPSA) is 51.0 Å². The van der Waals surface area contributed by atoms with Gasteiger partial charge in [-0.1, -0.05) is 13.8 Å². The predicted molar refractivity (Wildman–Crippen MR) is 84.6 cm³/mol. The van der Waals surface area contributed by atoms with E-state index < -0.39 is 0 Å². The summed E-state index contributed by atoms with van der Waals surface area (Å²) in [5, 5.41) is 6.97. The van der Waals surface area contributed by atoms with Crippen molar-refractivity contribution in [1.82, 2.24) is 9.97 Å². The van der Waals surface area contributed by atoms with Gasteiger partial charge in [-0.15, -0.1) is 22.7 Å². The minimum Gasteiger partial charge on any atom is -0.462 e. The van der Waals surface area contributed by atoms with Crippen LogP contribution in [0.4, 0.5) is 5.13 Å². The summed E-state index contributed by atoms with van der Waals surface area (Å²) in [6, 6.07) is 3.82. The summed E-state index contributed by atoms with van der Waals surface area (Å²) >= 11 is 3.24. The Hall–Kier alpha value is -1.66. The minimum atomic E-state index is 0.352. The number of anilines is 1. The third-order valence-corrected chi connectivity index (χ3v) is 4.85. The lowest BCUT2D eigenvalue weighted by Crippen LogP contribution is -1.91. The zero-order valence-corrected chi connectivity index (χ0v) is 13.1. The van der Waals surface area contributed by atoms with E-state index in [-0.39, 0.29) is 0 Å². The molecule has 0 atom stereocenters. The molecule has 0 bridgehead atoms. The molecule has 20 heavy (non-hydrogen) atoms. The quantitative estimate of drug-likeness (QED) is 0.759. The lowest BCUT2D eigenvalue weighted by molar-refractivity contribution is 0.581. The summed E-state index contributed by atoms with van der Waals surface area (Å²) in [5.74, 6) is 1.16. The van der Waals surface area contributed by atoms with Gasteiger partial charge in [0.25, 0.3) is 0 Å². The van der Waals surface area contributed by atoms with Crippen molar-refractivity contribution in [2.45, 2.75) is 19.8 Å². The van der Waals surface area contributed by atoms with Gasteiger partial charge in [-0.2, -0.15) is 0 Å². The maximum atomic E-state index is 5.45. The molecule has 0 aliphatic rings. The third-order valence-electron chi connectivity index (χ3n) is 2.88. The molecule has 3 aromatic heterocycles. The van der Waals surface area contributed by atoms with Crippen LogP contribution in [0.2, 0.25) is 0 Å².